The molecule has 0 radical (unpaired) electrons. The van der Waals surface area contributed by atoms with E-state index in [-0.39, 0.29) is 0 Å². The lowest BCUT2D eigenvalue weighted by molar-refractivity contribution is 0.194. The lowest BCUT2D eigenvalue weighted by Gasteiger charge is -2.36. The first-order chi connectivity index (χ1) is 13.8. The second kappa shape index (κ2) is 11.2. The minimum absolute atomic E-state index is 0.757. The van der Waals surface area contributed by atoms with E-state index in [1.165, 1.54) is 38.0 Å². The van der Waals surface area contributed by atoms with Crippen molar-refractivity contribution in [3.8, 4) is 0 Å². The third-order valence-electron chi connectivity index (χ3n) is 5.82. The number of likely N-dealkylation sites (tertiary alicyclic amines) is 1. The van der Waals surface area contributed by atoms with E-state index in [2.05, 4.69) is 74.4 Å². The molecule has 1 aromatic rings. The molecule has 28 heavy (non-hydrogen) atoms. The average Bonchev–Trinajstić information content (AvgIpc) is 3.18. The third-order valence-corrected chi connectivity index (χ3v) is 5.82. The van der Waals surface area contributed by atoms with Crippen LogP contribution in [-0.4, -0.2) is 86.6 Å². The number of guanidine groups is 1. The van der Waals surface area contributed by atoms with Gasteiger partial charge in [0.15, 0.2) is 5.96 Å². The predicted molar refractivity (Wildman–Crippen MR) is 120 cm³/mol. The zero-order valence-corrected chi connectivity index (χ0v) is 17.7. The summed E-state index contributed by atoms with van der Waals surface area (Å²) in [5, 5.41) is 3.64. The van der Waals surface area contributed by atoms with Crippen molar-refractivity contribution in [3.05, 3.63) is 42.0 Å². The molecular weight excluding hydrogens is 346 g/mol. The van der Waals surface area contributed by atoms with Crippen molar-refractivity contribution < 1.29 is 0 Å². The molecule has 0 aromatic heterocycles. The number of aliphatic imine (C=N–C) groups is 1. The molecule has 2 fully saturated rings. The first-order valence-corrected chi connectivity index (χ1v) is 10.9. The lowest BCUT2D eigenvalue weighted by atomic mass is 10.1. The first kappa shape index (κ1) is 20.9. The molecule has 1 N–H and O–H groups in total. The second-order valence-electron chi connectivity index (χ2n) is 7.98. The maximum absolute atomic E-state index is 4.54. The van der Waals surface area contributed by atoms with Crippen LogP contribution in [0.3, 0.4) is 0 Å². The van der Waals surface area contributed by atoms with Crippen molar-refractivity contribution in [3.63, 3.8) is 0 Å². The van der Waals surface area contributed by atoms with Crippen LogP contribution in [0.25, 0.3) is 6.08 Å². The smallest absolute Gasteiger partial charge is 0.193 e. The van der Waals surface area contributed by atoms with E-state index in [4.69, 9.17) is 0 Å². The normalized spacial score (nSPS) is 22.3. The highest BCUT2D eigenvalue weighted by Crippen LogP contribution is 2.15. The molecule has 1 aromatic carbocycles. The Morgan fingerprint density at radius 1 is 1.11 bits per heavy atom. The minimum Gasteiger partial charge on any atom is -0.356 e. The molecule has 2 saturated heterocycles. The summed E-state index contributed by atoms with van der Waals surface area (Å²) in [5.74, 6) is 1.83. The number of benzene rings is 1. The van der Waals surface area contributed by atoms with Gasteiger partial charge in [0.25, 0.3) is 0 Å². The standard InChI is InChI=1S/C23H37N5/c1-3-12-27-14-11-22(20-27)19-25-23(24-2)28-17-15-26(16-18-28)13-7-10-21-8-5-4-6-9-21/h4-10,22H,3,11-20H2,1-2H3,(H,24,25)/b10-7+. The number of hydrogen-bond donors (Lipinski definition) is 1. The molecule has 0 bridgehead atoms. The quantitative estimate of drug-likeness (QED) is 0.580. The number of nitrogens with one attached hydrogen (secondary N) is 1. The Bertz CT molecular complexity index is 619. The molecular formula is C23H37N5. The van der Waals surface area contributed by atoms with E-state index in [1.54, 1.807) is 0 Å². The maximum atomic E-state index is 4.54. The van der Waals surface area contributed by atoms with Gasteiger partial charge in [-0.3, -0.25) is 9.89 Å². The van der Waals surface area contributed by atoms with E-state index < -0.39 is 0 Å². The Morgan fingerprint density at radius 3 is 2.61 bits per heavy atom. The lowest BCUT2D eigenvalue weighted by Crippen LogP contribution is -2.53. The maximum Gasteiger partial charge on any atom is 0.193 e. The second-order valence-corrected chi connectivity index (χ2v) is 7.98. The Labute approximate surface area is 171 Å². The van der Waals surface area contributed by atoms with Gasteiger partial charge in [-0.2, -0.15) is 0 Å². The van der Waals surface area contributed by atoms with Gasteiger partial charge in [-0.1, -0.05) is 49.4 Å². The number of nitrogens with zero attached hydrogens (tertiary/aromatic N) is 4. The molecule has 2 aliphatic rings. The predicted octanol–water partition coefficient (Wildman–Crippen LogP) is 2.62. The van der Waals surface area contributed by atoms with E-state index in [0.29, 0.717) is 0 Å². The molecule has 1 atom stereocenters. The summed E-state index contributed by atoms with van der Waals surface area (Å²) in [4.78, 5) is 12.1. The zero-order chi connectivity index (χ0) is 19.6. The fraction of sp³-hybridized carbons (Fsp3) is 0.609. The first-order valence-electron chi connectivity index (χ1n) is 10.9. The summed E-state index contributed by atoms with van der Waals surface area (Å²) < 4.78 is 0. The molecule has 5 heteroatoms. The van der Waals surface area contributed by atoms with Crippen molar-refractivity contribution in [2.75, 3.05) is 66.0 Å². The van der Waals surface area contributed by atoms with Gasteiger partial charge in [0.1, 0.15) is 0 Å². The summed E-state index contributed by atoms with van der Waals surface area (Å²) in [6, 6.07) is 10.5. The summed E-state index contributed by atoms with van der Waals surface area (Å²) in [7, 11) is 1.91. The SMILES string of the molecule is CCCN1CCC(CNC(=NC)N2CCN(C/C=C/c3ccccc3)CC2)C1. The summed E-state index contributed by atoms with van der Waals surface area (Å²) in [6.07, 6.45) is 7.06. The molecule has 5 nitrogen and oxygen atoms in total. The van der Waals surface area contributed by atoms with Crippen molar-refractivity contribution in [1.82, 2.24) is 20.0 Å². The highest BCUT2D eigenvalue weighted by Gasteiger charge is 2.23. The number of piperazine rings is 1. The van der Waals surface area contributed by atoms with E-state index in [0.717, 1.165) is 51.1 Å². The van der Waals surface area contributed by atoms with Crippen molar-refractivity contribution >= 4 is 12.0 Å². The molecule has 0 aliphatic carbocycles. The largest absolute Gasteiger partial charge is 0.356 e. The van der Waals surface area contributed by atoms with Gasteiger partial charge in [0.05, 0.1) is 0 Å². The van der Waals surface area contributed by atoms with E-state index in [1.807, 2.05) is 7.05 Å². The summed E-state index contributed by atoms with van der Waals surface area (Å²) >= 11 is 0. The molecule has 1 unspecified atom stereocenters. The molecule has 0 saturated carbocycles. The van der Waals surface area contributed by atoms with Crippen LogP contribution >= 0.6 is 0 Å². The van der Waals surface area contributed by atoms with Gasteiger partial charge in [0, 0.05) is 52.9 Å². The van der Waals surface area contributed by atoms with Crippen LogP contribution < -0.4 is 5.32 Å². The van der Waals surface area contributed by atoms with Gasteiger partial charge < -0.3 is 15.1 Å². The molecule has 2 aliphatic heterocycles. The summed E-state index contributed by atoms with van der Waals surface area (Å²) in [5.41, 5.74) is 1.27. The van der Waals surface area contributed by atoms with Gasteiger partial charge in [-0.25, -0.2) is 0 Å². The Balaban J connectivity index is 1.36. The van der Waals surface area contributed by atoms with Crippen molar-refractivity contribution in [2.24, 2.45) is 10.9 Å². The van der Waals surface area contributed by atoms with Crippen LogP contribution in [0, 0.1) is 5.92 Å². The van der Waals surface area contributed by atoms with Crippen molar-refractivity contribution in [2.45, 2.75) is 19.8 Å². The van der Waals surface area contributed by atoms with Crippen LogP contribution in [-0.2, 0) is 0 Å². The number of rotatable bonds is 7. The highest BCUT2D eigenvalue weighted by atomic mass is 15.3. The van der Waals surface area contributed by atoms with Crippen LogP contribution in [0.4, 0.5) is 0 Å². The molecule has 3 rings (SSSR count). The molecule has 0 amide bonds. The molecule has 2 heterocycles. The van der Waals surface area contributed by atoms with Crippen LogP contribution in [0.2, 0.25) is 0 Å². The third kappa shape index (κ3) is 6.35. The highest BCUT2D eigenvalue weighted by molar-refractivity contribution is 5.80. The van der Waals surface area contributed by atoms with Gasteiger partial charge >= 0.3 is 0 Å². The van der Waals surface area contributed by atoms with Gasteiger partial charge in [-0.15, -0.1) is 0 Å². The zero-order valence-electron chi connectivity index (χ0n) is 17.7. The van der Waals surface area contributed by atoms with Crippen LogP contribution in [0.1, 0.15) is 25.3 Å². The summed E-state index contributed by atoms with van der Waals surface area (Å²) in [6.45, 7) is 12.3. The van der Waals surface area contributed by atoms with Gasteiger partial charge in [0.2, 0.25) is 0 Å². The van der Waals surface area contributed by atoms with E-state index in [9.17, 15) is 0 Å². The average molecular weight is 384 g/mol. The minimum atomic E-state index is 0.757. The number of hydrogen-bond acceptors (Lipinski definition) is 3. The Hall–Kier alpha value is -1.85. The van der Waals surface area contributed by atoms with Gasteiger partial charge in [-0.05, 0) is 37.4 Å². The van der Waals surface area contributed by atoms with Crippen molar-refractivity contribution in [1.29, 1.82) is 0 Å². The van der Waals surface area contributed by atoms with E-state index >= 15 is 0 Å². The molecule has 154 valence electrons. The molecule has 0 spiro atoms. The fourth-order valence-electron chi connectivity index (χ4n) is 4.21. The Kier molecular flexibility index (Phi) is 8.37. The topological polar surface area (TPSA) is 34.1 Å². The van der Waals surface area contributed by atoms with Crippen LogP contribution in [0.15, 0.2) is 41.4 Å². The van der Waals surface area contributed by atoms with Crippen LogP contribution in [0.5, 0.6) is 0 Å². The Morgan fingerprint density at radius 2 is 1.89 bits per heavy atom. The fourth-order valence-corrected chi connectivity index (χ4v) is 4.21. The monoisotopic (exact) mass is 383 g/mol.